The molecule has 3 aromatic rings. The number of carbonyl (C=O) groups is 1. The summed E-state index contributed by atoms with van der Waals surface area (Å²) >= 11 is 17.6. The van der Waals surface area contributed by atoms with Crippen molar-refractivity contribution in [1.29, 1.82) is 0 Å². The fourth-order valence-corrected chi connectivity index (χ4v) is 3.21. The minimum Gasteiger partial charge on any atom is -0.493 e. The number of benzene rings is 2. The molecule has 0 radical (unpaired) electrons. The number of anilines is 1. The Hall–Kier alpha value is -2.21. The van der Waals surface area contributed by atoms with E-state index in [0.717, 1.165) is 5.56 Å². The van der Waals surface area contributed by atoms with E-state index in [0.29, 0.717) is 46.0 Å². The summed E-state index contributed by atoms with van der Waals surface area (Å²) in [6.07, 6.45) is 2.40. The van der Waals surface area contributed by atoms with Crippen molar-refractivity contribution in [2.45, 2.75) is 17.7 Å². The topological polar surface area (TPSA) is 64.4 Å². The summed E-state index contributed by atoms with van der Waals surface area (Å²) in [6.45, 7) is 0.669. The highest BCUT2D eigenvalue weighted by Crippen LogP contribution is 2.39. The van der Waals surface area contributed by atoms with Crippen LogP contribution in [-0.4, -0.2) is 22.5 Å². The van der Waals surface area contributed by atoms with Crippen molar-refractivity contribution < 1.29 is 14.1 Å². The number of aromatic nitrogens is 1. The Morgan fingerprint density at radius 1 is 1.21 bits per heavy atom. The van der Waals surface area contributed by atoms with Gasteiger partial charge in [0.15, 0.2) is 10.6 Å². The Bertz CT molecular complexity index is 1030. The summed E-state index contributed by atoms with van der Waals surface area (Å²) in [4.78, 5) is 10.6. The van der Waals surface area contributed by atoms with Gasteiger partial charge >= 0.3 is 0 Å². The number of nitrogens with zero attached hydrogens (tertiary/aromatic N) is 1. The lowest BCUT2D eigenvalue weighted by Crippen LogP contribution is -2.18. The first kappa shape index (κ1) is 20.1. The van der Waals surface area contributed by atoms with Crippen molar-refractivity contribution in [3.05, 3.63) is 53.6 Å². The van der Waals surface area contributed by atoms with E-state index in [2.05, 4.69) is 10.5 Å². The van der Waals surface area contributed by atoms with Crippen LogP contribution >= 0.6 is 34.8 Å². The third-order valence-electron chi connectivity index (χ3n) is 4.53. The van der Waals surface area contributed by atoms with Gasteiger partial charge in [-0.05, 0) is 43.0 Å². The van der Waals surface area contributed by atoms with Gasteiger partial charge in [-0.2, -0.15) is 0 Å². The smallest absolute Gasteiger partial charge is 0.257 e. The quantitative estimate of drug-likeness (QED) is 0.435. The third kappa shape index (κ3) is 4.86. The van der Waals surface area contributed by atoms with Gasteiger partial charge < -0.3 is 14.6 Å². The molecule has 1 aromatic heterocycles. The third-order valence-corrected chi connectivity index (χ3v) is 5.24. The zero-order chi connectivity index (χ0) is 20.4. The summed E-state index contributed by atoms with van der Waals surface area (Å²) in [5.41, 5.74) is 2.55. The van der Waals surface area contributed by atoms with Crippen molar-refractivity contribution in [2.24, 2.45) is 5.92 Å². The van der Waals surface area contributed by atoms with Crippen LogP contribution in [0.5, 0.6) is 5.75 Å². The normalized spacial score (nSPS) is 13.5. The van der Waals surface area contributed by atoms with Gasteiger partial charge in [-0.25, -0.2) is 0 Å². The second kappa shape index (κ2) is 8.66. The van der Waals surface area contributed by atoms with Crippen molar-refractivity contribution in [3.8, 4) is 28.3 Å². The molecule has 8 heteroatoms. The summed E-state index contributed by atoms with van der Waals surface area (Å²) in [6, 6.07) is 14.4. The lowest BCUT2D eigenvalue weighted by atomic mass is 10.1. The Balaban J connectivity index is 1.60. The molecule has 1 heterocycles. The summed E-state index contributed by atoms with van der Waals surface area (Å²) in [5, 5.41) is 7.35. The molecule has 5 nitrogen and oxygen atoms in total. The van der Waals surface area contributed by atoms with Crippen molar-refractivity contribution in [2.75, 3.05) is 11.9 Å². The van der Waals surface area contributed by atoms with E-state index >= 15 is 0 Å². The van der Waals surface area contributed by atoms with Crippen LogP contribution in [0.25, 0.3) is 22.6 Å². The van der Waals surface area contributed by atoms with E-state index in [1.807, 2.05) is 18.2 Å². The zero-order valence-electron chi connectivity index (χ0n) is 15.2. The number of alkyl halides is 2. The van der Waals surface area contributed by atoms with Crippen LogP contribution in [0.15, 0.2) is 53.1 Å². The van der Waals surface area contributed by atoms with Crippen LogP contribution in [0.4, 0.5) is 5.69 Å². The van der Waals surface area contributed by atoms with E-state index in [9.17, 15) is 4.79 Å². The SMILES string of the molecule is O=C(Nc1cccc(-c2cc(-c3c(Cl)cccc3OCC3CC3)no2)c1)C(Cl)Cl. The highest BCUT2D eigenvalue weighted by molar-refractivity contribution is 6.54. The van der Waals surface area contributed by atoms with E-state index in [1.165, 1.54) is 12.8 Å². The fourth-order valence-electron chi connectivity index (χ4n) is 2.84. The van der Waals surface area contributed by atoms with E-state index in [-0.39, 0.29) is 0 Å². The molecule has 150 valence electrons. The maximum Gasteiger partial charge on any atom is 0.257 e. The van der Waals surface area contributed by atoms with Gasteiger partial charge in [0.1, 0.15) is 11.4 Å². The molecule has 4 rings (SSSR count). The molecular formula is C21H17Cl3N2O3. The highest BCUT2D eigenvalue weighted by atomic mass is 35.5. The van der Waals surface area contributed by atoms with Gasteiger partial charge in [0, 0.05) is 17.3 Å². The number of halogens is 3. The molecule has 0 unspecified atom stereocenters. The van der Waals surface area contributed by atoms with Crippen LogP contribution in [0.1, 0.15) is 12.8 Å². The second-order valence-corrected chi connectivity index (χ2v) is 8.32. The van der Waals surface area contributed by atoms with Crippen LogP contribution in [0.3, 0.4) is 0 Å². The molecule has 1 saturated carbocycles. The van der Waals surface area contributed by atoms with Crippen LogP contribution in [0.2, 0.25) is 5.02 Å². The van der Waals surface area contributed by atoms with Gasteiger partial charge in [0.25, 0.3) is 5.91 Å². The molecular weight excluding hydrogens is 435 g/mol. The van der Waals surface area contributed by atoms with Crippen LogP contribution in [-0.2, 0) is 4.79 Å². The lowest BCUT2D eigenvalue weighted by Gasteiger charge is -2.10. The first-order chi connectivity index (χ1) is 14.0. The average Bonchev–Trinajstić information content (AvgIpc) is 3.41. The number of nitrogens with one attached hydrogen (secondary N) is 1. The Labute approximate surface area is 182 Å². The minimum absolute atomic E-state index is 0.503. The number of rotatable bonds is 7. The van der Waals surface area contributed by atoms with Crippen molar-refractivity contribution >= 4 is 46.4 Å². The largest absolute Gasteiger partial charge is 0.493 e. The van der Waals surface area contributed by atoms with Gasteiger partial charge in [0.05, 0.1) is 17.2 Å². The van der Waals surface area contributed by atoms with Gasteiger partial charge in [-0.3, -0.25) is 4.79 Å². The molecule has 1 aliphatic carbocycles. The second-order valence-electron chi connectivity index (χ2n) is 6.81. The average molecular weight is 452 g/mol. The molecule has 0 spiro atoms. The van der Waals surface area contributed by atoms with Gasteiger partial charge in [-0.15, -0.1) is 0 Å². The lowest BCUT2D eigenvalue weighted by molar-refractivity contribution is -0.114. The van der Waals surface area contributed by atoms with Crippen LogP contribution < -0.4 is 10.1 Å². The van der Waals surface area contributed by atoms with Crippen molar-refractivity contribution in [1.82, 2.24) is 5.16 Å². The standard InChI is InChI=1S/C21H17Cl3N2O3/c22-15-5-2-6-17(28-11-12-7-8-12)19(15)16-10-18(29-26-16)13-3-1-4-14(9-13)25-21(27)20(23)24/h1-6,9-10,12,20H,7-8,11H2,(H,25,27). The number of amides is 1. The van der Waals surface area contributed by atoms with Crippen LogP contribution in [0, 0.1) is 5.92 Å². The summed E-state index contributed by atoms with van der Waals surface area (Å²) < 4.78 is 11.5. The number of hydrogen-bond donors (Lipinski definition) is 1. The summed E-state index contributed by atoms with van der Waals surface area (Å²) in [7, 11) is 0. The Kier molecular flexibility index (Phi) is 5.99. The fraction of sp³-hybridized carbons (Fsp3) is 0.238. The molecule has 0 atom stereocenters. The number of hydrogen-bond acceptors (Lipinski definition) is 4. The molecule has 0 saturated heterocycles. The molecule has 1 aliphatic rings. The van der Waals surface area contributed by atoms with Gasteiger partial charge in [-0.1, -0.05) is 58.2 Å². The maximum absolute atomic E-state index is 11.7. The predicted octanol–water partition coefficient (Wildman–Crippen LogP) is 6.19. The monoisotopic (exact) mass is 450 g/mol. The van der Waals surface area contributed by atoms with E-state index in [1.54, 1.807) is 30.3 Å². The minimum atomic E-state index is -1.15. The molecule has 1 N–H and O–H groups in total. The summed E-state index contributed by atoms with van der Waals surface area (Å²) in [5.74, 6) is 1.32. The predicted molar refractivity (Wildman–Crippen MR) is 115 cm³/mol. The van der Waals surface area contributed by atoms with E-state index < -0.39 is 10.7 Å². The molecule has 1 fully saturated rings. The van der Waals surface area contributed by atoms with E-state index in [4.69, 9.17) is 44.1 Å². The molecule has 0 bridgehead atoms. The molecule has 2 aromatic carbocycles. The van der Waals surface area contributed by atoms with Crippen molar-refractivity contribution in [3.63, 3.8) is 0 Å². The number of carbonyl (C=O) groups excluding carboxylic acids is 1. The number of ether oxygens (including phenoxy) is 1. The first-order valence-electron chi connectivity index (χ1n) is 9.09. The first-order valence-corrected chi connectivity index (χ1v) is 10.3. The Morgan fingerprint density at radius 3 is 2.76 bits per heavy atom. The zero-order valence-corrected chi connectivity index (χ0v) is 17.5. The maximum atomic E-state index is 11.7. The highest BCUT2D eigenvalue weighted by Gasteiger charge is 2.23. The van der Waals surface area contributed by atoms with Gasteiger partial charge in [0.2, 0.25) is 0 Å². The Morgan fingerprint density at radius 2 is 2.00 bits per heavy atom. The molecule has 0 aliphatic heterocycles. The molecule has 1 amide bonds. The molecule has 29 heavy (non-hydrogen) atoms.